The van der Waals surface area contributed by atoms with Crippen molar-refractivity contribution < 1.29 is 9.90 Å². The largest absolute Gasteiger partial charge is 0.507 e. The van der Waals surface area contributed by atoms with Crippen LogP contribution < -0.4 is 5.32 Å². The highest BCUT2D eigenvalue weighted by molar-refractivity contribution is 8.26. The maximum atomic E-state index is 11.6. The molecule has 1 aliphatic rings. The summed E-state index contributed by atoms with van der Waals surface area (Å²) >= 11 is 6.09. The summed E-state index contributed by atoms with van der Waals surface area (Å²) in [4.78, 5) is 12.1. The van der Waals surface area contributed by atoms with E-state index in [0.717, 1.165) is 5.69 Å². The number of phenols is 1. The zero-order chi connectivity index (χ0) is 16.2. The molecule has 2 N–H and O–H groups in total. The maximum absolute atomic E-state index is 11.6. The average molecular weight is 341 g/mol. The molecule has 1 fully saturated rings. The molecule has 2 aromatic rings. The summed E-state index contributed by atoms with van der Waals surface area (Å²) < 4.78 is 0.411. The Morgan fingerprint density at radius 3 is 2.48 bits per heavy atom. The number of phenolic OH excluding ortho intramolecular Hbond substituents is 1. The second kappa shape index (κ2) is 6.72. The van der Waals surface area contributed by atoms with E-state index in [9.17, 15) is 9.90 Å². The first kappa shape index (κ1) is 15.4. The van der Waals surface area contributed by atoms with Gasteiger partial charge < -0.3 is 10.4 Å². The first-order chi connectivity index (χ1) is 11.1. The van der Waals surface area contributed by atoms with Gasteiger partial charge in [0.15, 0.2) is 0 Å². The normalized spacial score (nSPS) is 16.3. The van der Waals surface area contributed by atoms with Crippen LogP contribution in [0.2, 0.25) is 0 Å². The molecule has 7 heteroatoms. The van der Waals surface area contributed by atoms with Crippen molar-refractivity contribution in [2.75, 3.05) is 0 Å². The Kier molecular flexibility index (Phi) is 4.50. The third-order valence-corrected chi connectivity index (χ3v) is 4.14. The Labute approximate surface area is 142 Å². The number of azo groups is 1. The topological polar surface area (TPSA) is 74.0 Å². The lowest BCUT2D eigenvalue weighted by Crippen LogP contribution is -2.17. The third kappa shape index (κ3) is 3.82. The van der Waals surface area contributed by atoms with Crippen LogP contribution in [0.25, 0.3) is 6.08 Å². The van der Waals surface area contributed by atoms with Crippen molar-refractivity contribution in [3.05, 3.63) is 59.0 Å². The van der Waals surface area contributed by atoms with Crippen molar-refractivity contribution in [1.29, 1.82) is 0 Å². The highest BCUT2D eigenvalue weighted by Crippen LogP contribution is 2.31. The van der Waals surface area contributed by atoms with Crippen LogP contribution in [0, 0.1) is 0 Å². The summed E-state index contributed by atoms with van der Waals surface area (Å²) in [5.74, 6) is -0.236. The fourth-order valence-corrected chi connectivity index (χ4v) is 2.92. The summed E-state index contributed by atoms with van der Waals surface area (Å²) in [7, 11) is 0. The van der Waals surface area contributed by atoms with E-state index < -0.39 is 0 Å². The van der Waals surface area contributed by atoms with Crippen molar-refractivity contribution in [1.82, 2.24) is 5.32 Å². The van der Waals surface area contributed by atoms with Gasteiger partial charge in [-0.25, -0.2) is 0 Å². The van der Waals surface area contributed by atoms with Gasteiger partial charge >= 0.3 is 0 Å². The van der Waals surface area contributed by atoms with Gasteiger partial charge in [0.25, 0.3) is 5.91 Å². The minimum absolute atomic E-state index is 0.0215. The molecule has 3 rings (SSSR count). The highest BCUT2D eigenvalue weighted by Gasteiger charge is 2.22. The van der Waals surface area contributed by atoms with Crippen LogP contribution >= 0.6 is 24.0 Å². The molecule has 0 unspecified atom stereocenters. The minimum Gasteiger partial charge on any atom is -0.507 e. The number of rotatable bonds is 3. The number of carbonyl (C=O) groups excluding carboxylic acids is 1. The highest BCUT2D eigenvalue weighted by atomic mass is 32.2. The number of thioether (sulfide) groups is 1. The molecule has 1 aliphatic heterocycles. The lowest BCUT2D eigenvalue weighted by molar-refractivity contribution is -0.115. The van der Waals surface area contributed by atoms with Crippen LogP contribution in [-0.2, 0) is 4.79 Å². The predicted octanol–water partition coefficient (Wildman–Crippen LogP) is 4.30. The van der Waals surface area contributed by atoms with Gasteiger partial charge in [0.1, 0.15) is 10.1 Å². The summed E-state index contributed by atoms with van der Waals surface area (Å²) in [6.45, 7) is 0. The molecule has 0 aromatic heterocycles. The van der Waals surface area contributed by atoms with Gasteiger partial charge in [-0.1, -0.05) is 42.2 Å². The summed E-state index contributed by atoms with van der Waals surface area (Å²) in [6.07, 6.45) is 1.59. The van der Waals surface area contributed by atoms with Gasteiger partial charge in [-0.15, -0.1) is 0 Å². The number of carbonyl (C=O) groups is 1. The van der Waals surface area contributed by atoms with Gasteiger partial charge in [0, 0.05) is 11.6 Å². The lowest BCUT2D eigenvalue weighted by atomic mass is 10.1. The van der Waals surface area contributed by atoms with Crippen molar-refractivity contribution in [3.63, 3.8) is 0 Å². The van der Waals surface area contributed by atoms with Crippen molar-refractivity contribution >= 4 is 51.7 Å². The molecule has 2 aromatic carbocycles. The van der Waals surface area contributed by atoms with E-state index in [1.54, 1.807) is 18.2 Å². The Balaban J connectivity index is 1.81. The van der Waals surface area contributed by atoms with Gasteiger partial charge in [-0.05, 0) is 30.3 Å². The van der Waals surface area contributed by atoms with Crippen LogP contribution in [0.1, 0.15) is 5.56 Å². The SMILES string of the molecule is O=C1NC(=S)S/C1=C\c1ccc(N=Nc2ccccc2)cc1O. The van der Waals surface area contributed by atoms with Crippen LogP contribution in [0.15, 0.2) is 63.7 Å². The number of hydrogen-bond donors (Lipinski definition) is 2. The number of amides is 1. The first-order valence-corrected chi connectivity index (χ1v) is 7.89. The maximum Gasteiger partial charge on any atom is 0.263 e. The molecular formula is C16H11N3O2S2. The standard InChI is InChI=1S/C16H11N3O2S2/c20-13-9-12(19-18-11-4-2-1-3-5-11)7-6-10(13)8-14-15(21)17-16(22)23-14/h1-9,20H,(H,17,21,22)/b14-8-,19-18?. The Morgan fingerprint density at radius 2 is 1.83 bits per heavy atom. The predicted molar refractivity (Wildman–Crippen MR) is 95.0 cm³/mol. The van der Waals surface area contributed by atoms with Gasteiger partial charge in [-0.2, -0.15) is 10.2 Å². The minimum atomic E-state index is -0.257. The molecule has 0 atom stereocenters. The van der Waals surface area contributed by atoms with Crippen molar-refractivity contribution in [2.45, 2.75) is 0 Å². The number of nitrogens with one attached hydrogen (secondary N) is 1. The van der Waals surface area contributed by atoms with Gasteiger partial charge in [-0.3, -0.25) is 4.79 Å². The Morgan fingerprint density at radius 1 is 1.09 bits per heavy atom. The molecular weight excluding hydrogens is 330 g/mol. The Hall–Kier alpha value is -2.51. The van der Waals surface area contributed by atoms with Crippen molar-refractivity contribution in [3.8, 4) is 5.75 Å². The second-order valence-electron chi connectivity index (χ2n) is 4.63. The lowest BCUT2D eigenvalue weighted by Gasteiger charge is -2.01. The number of aromatic hydroxyl groups is 1. The second-order valence-corrected chi connectivity index (χ2v) is 6.35. The van der Waals surface area contributed by atoms with E-state index in [0.29, 0.717) is 20.5 Å². The smallest absolute Gasteiger partial charge is 0.263 e. The number of nitrogens with zero attached hydrogens (tertiary/aromatic N) is 2. The van der Waals surface area contributed by atoms with Gasteiger partial charge in [0.05, 0.1) is 16.3 Å². The van der Waals surface area contributed by atoms with E-state index in [4.69, 9.17) is 12.2 Å². The summed E-state index contributed by atoms with van der Waals surface area (Å²) in [6, 6.07) is 14.2. The van der Waals surface area contributed by atoms with Crippen LogP contribution in [0.3, 0.4) is 0 Å². The molecule has 0 saturated carbocycles. The average Bonchev–Trinajstić information content (AvgIpc) is 2.86. The summed E-state index contributed by atoms with van der Waals surface area (Å²) in [5.41, 5.74) is 1.77. The zero-order valence-corrected chi connectivity index (χ0v) is 13.4. The Bertz CT molecular complexity index is 832. The van der Waals surface area contributed by atoms with Gasteiger partial charge in [0.2, 0.25) is 0 Å². The van der Waals surface area contributed by atoms with E-state index in [-0.39, 0.29) is 11.7 Å². The van der Waals surface area contributed by atoms with Crippen LogP contribution in [-0.4, -0.2) is 15.3 Å². The molecule has 0 bridgehead atoms. The van der Waals surface area contributed by atoms with Crippen molar-refractivity contribution in [2.24, 2.45) is 10.2 Å². The molecule has 114 valence electrons. The molecule has 5 nitrogen and oxygen atoms in total. The quantitative estimate of drug-likeness (QED) is 0.496. The zero-order valence-electron chi connectivity index (χ0n) is 11.8. The number of hydrogen-bond acceptors (Lipinski definition) is 6. The van der Waals surface area contributed by atoms with E-state index in [2.05, 4.69) is 15.5 Å². The molecule has 0 spiro atoms. The fraction of sp³-hybridized carbons (Fsp3) is 0. The van der Waals surface area contributed by atoms with Crippen LogP contribution in [0.5, 0.6) is 5.75 Å². The molecule has 1 saturated heterocycles. The molecule has 23 heavy (non-hydrogen) atoms. The summed E-state index contributed by atoms with van der Waals surface area (Å²) in [5, 5.41) is 20.8. The number of benzene rings is 2. The first-order valence-electron chi connectivity index (χ1n) is 6.66. The molecule has 1 amide bonds. The third-order valence-electron chi connectivity index (χ3n) is 2.98. The molecule has 0 radical (unpaired) electrons. The fourth-order valence-electron chi connectivity index (χ4n) is 1.89. The van der Waals surface area contributed by atoms with E-state index in [1.165, 1.54) is 17.8 Å². The number of thiocarbonyl (C=S) groups is 1. The molecule has 1 heterocycles. The van der Waals surface area contributed by atoms with E-state index >= 15 is 0 Å². The molecule has 0 aliphatic carbocycles. The van der Waals surface area contributed by atoms with Crippen LogP contribution in [0.4, 0.5) is 11.4 Å². The monoisotopic (exact) mass is 341 g/mol. The van der Waals surface area contributed by atoms with E-state index in [1.807, 2.05) is 30.3 Å².